The van der Waals surface area contributed by atoms with Gasteiger partial charge in [-0.3, -0.25) is 0 Å². The summed E-state index contributed by atoms with van der Waals surface area (Å²) in [5, 5.41) is 35.1. The van der Waals surface area contributed by atoms with Crippen LogP contribution in [0.25, 0.3) is 0 Å². The molecule has 0 radical (unpaired) electrons. The molecule has 0 aromatic heterocycles. The Morgan fingerprint density at radius 2 is 1.55 bits per heavy atom. The Balaban J connectivity index is 3.62. The van der Waals surface area contributed by atoms with Crippen LogP contribution in [0.2, 0.25) is 0 Å². The van der Waals surface area contributed by atoms with E-state index in [1.54, 1.807) is 0 Å². The predicted octanol–water partition coefficient (Wildman–Crippen LogP) is -1.28. The second-order valence-electron chi connectivity index (χ2n) is 2.77. The zero-order valence-corrected chi connectivity index (χ0v) is 6.64. The summed E-state index contributed by atoms with van der Waals surface area (Å²) < 4.78 is 0. The van der Waals surface area contributed by atoms with Crippen LogP contribution < -0.4 is 0 Å². The number of rotatable bonds is 5. The lowest BCUT2D eigenvalue weighted by atomic mass is 10.0. The first-order valence-corrected chi connectivity index (χ1v) is 3.69. The molecule has 2 unspecified atom stereocenters. The van der Waals surface area contributed by atoms with Crippen LogP contribution in [0.3, 0.4) is 0 Å². The molecule has 0 amide bonds. The fraction of sp³-hybridized carbons (Fsp3) is 1.00. The van der Waals surface area contributed by atoms with E-state index in [-0.39, 0.29) is 25.6 Å². The molecule has 4 nitrogen and oxygen atoms in total. The van der Waals surface area contributed by atoms with Gasteiger partial charge in [-0.2, -0.15) is 0 Å². The third kappa shape index (κ3) is 4.31. The molecule has 2 atom stereocenters. The highest BCUT2D eigenvalue weighted by Gasteiger charge is 2.16. The van der Waals surface area contributed by atoms with Gasteiger partial charge in [-0.15, -0.1) is 0 Å². The standard InChI is InChI=1S/C7H16O4/c1-5(10)7(11)2-6(3-8)4-9/h5-11H,2-4H2,1H3. The second kappa shape index (κ2) is 5.49. The van der Waals surface area contributed by atoms with Gasteiger partial charge in [0, 0.05) is 19.1 Å². The third-order valence-electron chi connectivity index (χ3n) is 1.65. The van der Waals surface area contributed by atoms with Crippen molar-refractivity contribution >= 4 is 0 Å². The molecule has 0 aromatic rings. The zero-order valence-electron chi connectivity index (χ0n) is 6.64. The van der Waals surface area contributed by atoms with Crippen molar-refractivity contribution in [2.45, 2.75) is 25.6 Å². The lowest BCUT2D eigenvalue weighted by molar-refractivity contribution is 0.00165. The Bertz CT molecular complexity index is 90.4. The van der Waals surface area contributed by atoms with Crippen LogP contribution in [0.5, 0.6) is 0 Å². The number of hydrogen-bond acceptors (Lipinski definition) is 4. The van der Waals surface area contributed by atoms with Gasteiger partial charge in [0.1, 0.15) is 0 Å². The smallest absolute Gasteiger partial charge is 0.0800 e. The van der Waals surface area contributed by atoms with Crippen LogP contribution in [0.4, 0.5) is 0 Å². The van der Waals surface area contributed by atoms with Gasteiger partial charge < -0.3 is 20.4 Å². The average molecular weight is 164 g/mol. The van der Waals surface area contributed by atoms with E-state index in [4.69, 9.17) is 20.4 Å². The van der Waals surface area contributed by atoms with Crippen molar-refractivity contribution in [3.05, 3.63) is 0 Å². The highest BCUT2D eigenvalue weighted by molar-refractivity contribution is 4.67. The van der Waals surface area contributed by atoms with Crippen LogP contribution in [-0.2, 0) is 0 Å². The predicted molar refractivity (Wildman–Crippen MR) is 40.0 cm³/mol. The molecule has 0 spiro atoms. The second-order valence-corrected chi connectivity index (χ2v) is 2.77. The molecule has 0 aromatic carbocycles. The maximum absolute atomic E-state index is 9.09. The molecule has 68 valence electrons. The highest BCUT2D eigenvalue weighted by Crippen LogP contribution is 2.07. The monoisotopic (exact) mass is 164 g/mol. The fourth-order valence-electron chi connectivity index (χ4n) is 0.745. The van der Waals surface area contributed by atoms with Gasteiger partial charge in [-0.05, 0) is 13.3 Å². The number of aliphatic hydroxyl groups is 4. The van der Waals surface area contributed by atoms with E-state index in [2.05, 4.69) is 0 Å². The van der Waals surface area contributed by atoms with Gasteiger partial charge >= 0.3 is 0 Å². The summed E-state index contributed by atoms with van der Waals surface area (Å²) in [6, 6.07) is 0. The van der Waals surface area contributed by atoms with Crippen molar-refractivity contribution in [2.24, 2.45) is 5.92 Å². The summed E-state index contributed by atoms with van der Waals surface area (Å²) in [7, 11) is 0. The van der Waals surface area contributed by atoms with Gasteiger partial charge in [-0.1, -0.05) is 0 Å². The van der Waals surface area contributed by atoms with Crippen molar-refractivity contribution in [2.75, 3.05) is 13.2 Å². The lowest BCUT2D eigenvalue weighted by Gasteiger charge is -2.17. The molecule has 4 heteroatoms. The molecule has 0 aliphatic heterocycles. The molecular formula is C7H16O4. The normalized spacial score (nSPS) is 16.9. The molecular weight excluding hydrogens is 148 g/mol. The largest absolute Gasteiger partial charge is 0.396 e. The molecule has 0 bridgehead atoms. The molecule has 0 aliphatic carbocycles. The first-order valence-electron chi connectivity index (χ1n) is 3.69. The van der Waals surface area contributed by atoms with Crippen LogP contribution in [0.15, 0.2) is 0 Å². The first kappa shape index (κ1) is 10.8. The maximum Gasteiger partial charge on any atom is 0.0800 e. The number of aliphatic hydroxyl groups excluding tert-OH is 4. The summed E-state index contributed by atoms with van der Waals surface area (Å²) in [4.78, 5) is 0. The SMILES string of the molecule is CC(O)C(O)CC(CO)CO. The van der Waals surface area contributed by atoms with E-state index in [0.29, 0.717) is 0 Å². The fourth-order valence-corrected chi connectivity index (χ4v) is 0.745. The molecule has 0 rings (SSSR count). The van der Waals surface area contributed by atoms with Crippen molar-refractivity contribution < 1.29 is 20.4 Å². The van der Waals surface area contributed by atoms with Crippen molar-refractivity contribution in [3.63, 3.8) is 0 Å². The molecule has 0 aliphatic rings. The Kier molecular flexibility index (Phi) is 5.41. The molecule has 0 saturated heterocycles. The third-order valence-corrected chi connectivity index (χ3v) is 1.65. The summed E-state index contributed by atoms with van der Waals surface area (Å²) in [6.45, 7) is 1.14. The van der Waals surface area contributed by atoms with E-state index >= 15 is 0 Å². The summed E-state index contributed by atoms with van der Waals surface area (Å²) in [5.41, 5.74) is 0. The quantitative estimate of drug-likeness (QED) is 0.408. The molecule has 0 fully saturated rings. The van der Waals surface area contributed by atoms with Crippen LogP contribution >= 0.6 is 0 Å². The van der Waals surface area contributed by atoms with Crippen molar-refractivity contribution in [3.8, 4) is 0 Å². The van der Waals surface area contributed by atoms with Gasteiger partial charge in [0.25, 0.3) is 0 Å². The van der Waals surface area contributed by atoms with Crippen LogP contribution in [0.1, 0.15) is 13.3 Å². The highest BCUT2D eigenvalue weighted by atomic mass is 16.3. The van der Waals surface area contributed by atoms with Gasteiger partial charge in [0.2, 0.25) is 0 Å². The first-order chi connectivity index (χ1) is 5.11. The Morgan fingerprint density at radius 1 is 1.09 bits per heavy atom. The van der Waals surface area contributed by atoms with Gasteiger partial charge in [0.05, 0.1) is 12.2 Å². The minimum absolute atomic E-state index is 0.166. The topological polar surface area (TPSA) is 80.9 Å². The van der Waals surface area contributed by atoms with Gasteiger partial charge in [0.15, 0.2) is 0 Å². The van der Waals surface area contributed by atoms with E-state index in [1.807, 2.05) is 0 Å². The van der Waals surface area contributed by atoms with Crippen molar-refractivity contribution in [1.29, 1.82) is 0 Å². The minimum Gasteiger partial charge on any atom is -0.396 e. The van der Waals surface area contributed by atoms with E-state index in [9.17, 15) is 0 Å². The Labute approximate surface area is 66.1 Å². The van der Waals surface area contributed by atoms with Gasteiger partial charge in [-0.25, -0.2) is 0 Å². The minimum atomic E-state index is -0.862. The maximum atomic E-state index is 9.09. The summed E-state index contributed by atoms with van der Waals surface area (Å²) >= 11 is 0. The van der Waals surface area contributed by atoms with E-state index in [1.165, 1.54) is 6.92 Å². The average Bonchev–Trinajstić information content (AvgIpc) is 1.99. The van der Waals surface area contributed by atoms with Crippen LogP contribution in [-0.4, -0.2) is 45.8 Å². The Hall–Kier alpha value is -0.160. The molecule has 0 heterocycles. The number of hydrogen-bond donors (Lipinski definition) is 4. The van der Waals surface area contributed by atoms with E-state index < -0.39 is 12.2 Å². The molecule has 11 heavy (non-hydrogen) atoms. The van der Waals surface area contributed by atoms with E-state index in [0.717, 1.165) is 0 Å². The van der Waals surface area contributed by atoms with Crippen LogP contribution in [0, 0.1) is 5.92 Å². The summed E-state index contributed by atoms with van der Waals surface area (Å²) in [5.74, 6) is -0.334. The van der Waals surface area contributed by atoms with Crippen molar-refractivity contribution in [1.82, 2.24) is 0 Å². The molecule has 4 N–H and O–H groups in total. The zero-order chi connectivity index (χ0) is 8.85. The Morgan fingerprint density at radius 3 is 1.82 bits per heavy atom. The summed E-state index contributed by atoms with van der Waals surface area (Å²) in [6.07, 6.45) is -1.44. The molecule has 0 saturated carbocycles. The lowest BCUT2D eigenvalue weighted by Crippen LogP contribution is -2.28.